The summed E-state index contributed by atoms with van der Waals surface area (Å²) >= 11 is 0. The molecule has 0 radical (unpaired) electrons. The van der Waals surface area contributed by atoms with Crippen LogP contribution in [0.1, 0.15) is 31.2 Å². The number of ether oxygens (including phenoxy) is 2. The minimum Gasteiger partial charge on any atom is -0.493 e. The molecule has 0 atom stereocenters. The molecule has 0 aromatic heterocycles. The van der Waals surface area contributed by atoms with Gasteiger partial charge < -0.3 is 30.3 Å². The van der Waals surface area contributed by atoms with Crippen molar-refractivity contribution in [3.05, 3.63) is 23.8 Å². The van der Waals surface area contributed by atoms with E-state index in [4.69, 9.17) is 35.0 Å². The Balaban J connectivity index is 0.000000604. The molecule has 0 bridgehead atoms. The Labute approximate surface area is 198 Å². The number of amides is 2. The topological polar surface area (TPSA) is 160 Å². The number of carbonyl (C=O) groups excluding carboxylic acids is 2. The number of aliphatic carboxylic acids is 2. The predicted octanol–water partition coefficient (Wildman–Crippen LogP) is 0.795. The molecule has 0 unspecified atom stereocenters. The lowest BCUT2D eigenvalue weighted by Crippen LogP contribution is -2.46. The molecule has 1 aromatic rings. The van der Waals surface area contributed by atoms with Gasteiger partial charge in [0.25, 0.3) is 0 Å². The Bertz CT molecular complexity index is 863. The van der Waals surface area contributed by atoms with Crippen LogP contribution < -0.4 is 15.2 Å². The summed E-state index contributed by atoms with van der Waals surface area (Å²) < 4.78 is 10.7. The van der Waals surface area contributed by atoms with E-state index in [-0.39, 0.29) is 23.7 Å². The Morgan fingerprint density at radius 2 is 1.41 bits per heavy atom. The molecule has 3 rings (SSSR count). The zero-order valence-electron chi connectivity index (χ0n) is 19.6. The number of primary amides is 1. The fourth-order valence-electron chi connectivity index (χ4n) is 4.22. The Hall–Kier alpha value is -3.34. The van der Waals surface area contributed by atoms with Gasteiger partial charge in [0.1, 0.15) is 0 Å². The third-order valence-electron chi connectivity index (χ3n) is 6.18. The predicted molar refractivity (Wildman–Crippen MR) is 121 cm³/mol. The summed E-state index contributed by atoms with van der Waals surface area (Å²) in [5.41, 5.74) is 6.56. The SMILES string of the molecule is COc1ccc(CN2CCC(C(=O)N3CCC(C(N)=O)CC3)CC2)cc1OC.O=C(O)C(=O)O. The molecule has 2 saturated heterocycles. The zero-order valence-corrected chi connectivity index (χ0v) is 19.6. The third kappa shape index (κ3) is 7.62. The molecule has 11 nitrogen and oxygen atoms in total. The van der Waals surface area contributed by atoms with Gasteiger partial charge in [-0.25, -0.2) is 9.59 Å². The average molecular weight is 480 g/mol. The van der Waals surface area contributed by atoms with Crippen LogP contribution in [0.15, 0.2) is 18.2 Å². The normalized spacial score (nSPS) is 17.3. The quantitative estimate of drug-likeness (QED) is 0.501. The van der Waals surface area contributed by atoms with Gasteiger partial charge in [-0.1, -0.05) is 6.07 Å². The second-order valence-corrected chi connectivity index (χ2v) is 8.35. The second-order valence-electron chi connectivity index (χ2n) is 8.35. The smallest absolute Gasteiger partial charge is 0.414 e. The summed E-state index contributed by atoms with van der Waals surface area (Å²) in [5.74, 6) is -2.16. The highest BCUT2D eigenvalue weighted by Crippen LogP contribution is 2.29. The van der Waals surface area contributed by atoms with Crippen LogP contribution in [-0.4, -0.2) is 84.2 Å². The summed E-state index contributed by atoms with van der Waals surface area (Å²) in [6.45, 7) is 3.95. The van der Waals surface area contributed by atoms with Gasteiger partial charge >= 0.3 is 11.9 Å². The van der Waals surface area contributed by atoms with Crippen LogP contribution in [-0.2, 0) is 25.7 Å². The molecule has 2 amide bonds. The van der Waals surface area contributed by atoms with Gasteiger partial charge in [-0.3, -0.25) is 14.5 Å². The van der Waals surface area contributed by atoms with E-state index in [0.717, 1.165) is 44.0 Å². The van der Waals surface area contributed by atoms with E-state index in [1.165, 1.54) is 5.56 Å². The summed E-state index contributed by atoms with van der Waals surface area (Å²) in [4.78, 5) is 46.6. The van der Waals surface area contributed by atoms with Crippen molar-refractivity contribution < 1.29 is 38.9 Å². The molecule has 11 heteroatoms. The minimum absolute atomic E-state index is 0.0765. The molecule has 0 spiro atoms. The van der Waals surface area contributed by atoms with Gasteiger partial charge in [-0.2, -0.15) is 0 Å². The van der Waals surface area contributed by atoms with Gasteiger partial charge in [0, 0.05) is 31.5 Å². The zero-order chi connectivity index (χ0) is 25.3. The summed E-state index contributed by atoms with van der Waals surface area (Å²) in [6, 6.07) is 6.00. The first kappa shape index (κ1) is 26.9. The largest absolute Gasteiger partial charge is 0.493 e. The van der Waals surface area contributed by atoms with E-state index in [0.29, 0.717) is 25.9 Å². The lowest BCUT2D eigenvalue weighted by molar-refractivity contribution is -0.159. The average Bonchev–Trinajstić information content (AvgIpc) is 2.84. The summed E-state index contributed by atoms with van der Waals surface area (Å²) in [7, 11) is 3.28. The number of likely N-dealkylation sites (tertiary alicyclic amines) is 2. The molecular weight excluding hydrogens is 446 g/mol. The third-order valence-corrected chi connectivity index (χ3v) is 6.18. The van der Waals surface area contributed by atoms with Crippen LogP contribution in [0, 0.1) is 11.8 Å². The van der Waals surface area contributed by atoms with E-state index >= 15 is 0 Å². The highest BCUT2D eigenvalue weighted by molar-refractivity contribution is 6.27. The maximum Gasteiger partial charge on any atom is 0.414 e. The number of carbonyl (C=O) groups is 4. The van der Waals surface area contributed by atoms with Crippen LogP contribution >= 0.6 is 0 Å². The molecule has 2 fully saturated rings. The van der Waals surface area contributed by atoms with Gasteiger partial charge in [-0.05, 0) is 56.5 Å². The Morgan fingerprint density at radius 3 is 1.88 bits per heavy atom. The van der Waals surface area contributed by atoms with Crippen molar-refractivity contribution in [3.8, 4) is 11.5 Å². The fourth-order valence-corrected chi connectivity index (χ4v) is 4.22. The summed E-state index contributed by atoms with van der Waals surface area (Å²) in [6.07, 6.45) is 3.14. The molecular formula is C23H33N3O8. The van der Waals surface area contributed by atoms with Gasteiger partial charge in [0.2, 0.25) is 11.8 Å². The van der Waals surface area contributed by atoms with Gasteiger partial charge in [0.15, 0.2) is 11.5 Å². The molecule has 0 aliphatic carbocycles. The van der Waals surface area contributed by atoms with Crippen molar-refractivity contribution in [1.29, 1.82) is 0 Å². The monoisotopic (exact) mass is 479 g/mol. The van der Waals surface area contributed by atoms with Crippen LogP contribution in [0.4, 0.5) is 0 Å². The number of nitrogens with two attached hydrogens (primary N) is 1. The number of hydrogen-bond acceptors (Lipinski definition) is 7. The molecule has 2 aliphatic heterocycles. The fraction of sp³-hybridized carbons (Fsp3) is 0.565. The van der Waals surface area contributed by atoms with E-state index in [2.05, 4.69) is 11.0 Å². The molecule has 2 heterocycles. The van der Waals surface area contributed by atoms with E-state index in [1.807, 2.05) is 17.0 Å². The number of carboxylic acids is 2. The van der Waals surface area contributed by atoms with E-state index in [9.17, 15) is 9.59 Å². The number of hydrogen-bond donors (Lipinski definition) is 3. The molecule has 4 N–H and O–H groups in total. The lowest BCUT2D eigenvalue weighted by Gasteiger charge is -2.36. The highest BCUT2D eigenvalue weighted by Gasteiger charge is 2.32. The van der Waals surface area contributed by atoms with Crippen LogP contribution in [0.25, 0.3) is 0 Å². The first-order valence-electron chi connectivity index (χ1n) is 11.1. The standard InChI is InChI=1S/C21H31N3O4.C2H2O4/c1-27-18-4-3-15(13-19(18)28-2)14-23-9-5-17(6-10-23)21(26)24-11-7-16(8-12-24)20(22)25;3-1(4)2(5)6/h3-4,13,16-17H,5-12,14H2,1-2H3,(H2,22,25);(H,3,4)(H,5,6). The number of carboxylic acid groups (broad SMARTS) is 2. The number of piperidine rings is 2. The van der Waals surface area contributed by atoms with E-state index in [1.54, 1.807) is 14.2 Å². The molecule has 0 saturated carbocycles. The second kappa shape index (κ2) is 12.8. The summed E-state index contributed by atoms with van der Waals surface area (Å²) in [5, 5.41) is 14.8. The van der Waals surface area contributed by atoms with Crippen molar-refractivity contribution in [2.45, 2.75) is 32.2 Å². The number of nitrogens with zero attached hydrogens (tertiary/aromatic N) is 2. The van der Waals surface area contributed by atoms with Crippen LogP contribution in [0.2, 0.25) is 0 Å². The number of rotatable bonds is 6. The maximum absolute atomic E-state index is 12.8. The van der Waals surface area contributed by atoms with Crippen molar-refractivity contribution in [2.24, 2.45) is 17.6 Å². The van der Waals surface area contributed by atoms with Crippen molar-refractivity contribution >= 4 is 23.8 Å². The first-order valence-corrected chi connectivity index (χ1v) is 11.1. The lowest BCUT2D eigenvalue weighted by atomic mass is 9.91. The molecule has 2 aliphatic rings. The van der Waals surface area contributed by atoms with Crippen molar-refractivity contribution in [2.75, 3.05) is 40.4 Å². The number of benzene rings is 1. The minimum atomic E-state index is -1.82. The van der Waals surface area contributed by atoms with Crippen molar-refractivity contribution in [1.82, 2.24) is 9.80 Å². The van der Waals surface area contributed by atoms with Crippen LogP contribution in [0.3, 0.4) is 0 Å². The Kier molecular flexibility index (Phi) is 10.1. The van der Waals surface area contributed by atoms with Crippen molar-refractivity contribution in [3.63, 3.8) is 0 Å². The number of methoxy groups -OCH3 is 2. The first-order chi connectivity index (χ1) is 16.2. The van der Waals surface area contributed by atoms with Gasteiger partial charge in [-0.15, -0.1) is 0 Å². The van der Waals surface area contributed by atoms with E-state index < -0.39 is 11.9 Å². The van der Waals surface area contributed by atoms with Gasteiger partial charge in [0.05, 0.1) is 14.2 Å². The van der Waals surface area contributed by atoms with Crippen LogP contribution in [0.5, 0.6) is 11.5 Å². The molecule has 1 aromatic carbocycles. The molecule has 34 heavy (non-hydrogen) atoms. The molecule has 188 valence electrons. The Morgan fingerprint density at radius 1 is 0.882 bits per heavy atom. The maximum atomic E-state index is 12.8. The highest BCUT2D eigenvalue weighted by atomic mass is 16.5.